The summed E-state index contributed by atoms with van der Waals surface area (Å²) in [5.74, 6) is 1.38. The van der Waals surface area contributed by atoms with E-state index >= 15 is 0 Å². The van der Waals surface area contributed by atoms with Gasteiger partial charge in [-0.3, -0.25) is 0 Å². The highest BCUT2D eigenvalue weighted by Gasteiger charge is 2.07. The lowest BCUT2D eigenvalue weighted by molar-refractivity contribution is 0.230. The average molecular weight is 290 g/mol. The number of aromatic nitrogens is 1. The third-order valence-electron chi connectivity index (χ3n) is 2.78. The first-order valence-corrected chi connectivity index (χ1v) is 6.78. The van der Waals surface area contributed by atoms with Gasteiger partial charge in [-0.1, -0.05) is 12.1 Å². The van der Waals surface area contributed by atoms with Gasteiger partial charge in [0.15, 0.2) is 11.5 Å². The van der Waals surface area contributed by atoms with Crippen LogP contribution in [-0.2, 0) is 6.54 Å². The molecule has 0 aliphatic carbocycles. The first-order valence-electron chi connectivity index (χ1n) is 6.78. The Morgan fingerprint density at radius 1 is 1.19 bits per heavy atom. The Hall–Kier alpha value is -2.30. The van der Waals surface area contributed by atoms with Crippen LogP contribution in [0.15, 0.2) is 36.4 Å². The van der Waals surface area contributed by atoms with Gasteiger partial charge in [-0.15, -0.1) is 0 Å². The van der Waals surface area contributed by atoms with Crippen molar-refractivity contribution < 1.29 is 13.9 Å². The van der Waals surface area contributed by atoms with Gasteiger partial charge < -0.3 is 14.8 Å². The Morgan fingerprint density at radius 2 is 2.00 bits per heavy atom. The van der Waals surface area contributed by atoms with E-state index in [0.717, 1.165) is 5.56 Å². The SMILES string of the molecule is COc1cc(CNc2cccc(F)n2)ccc1OC(C)C. The van der Waals surface area contributed by atoms with E-state index in [9.17, 15) is 4.39 Å². The number of halogens is 1. The lowest BCUT2D eigenvalue weighted by Crippen LogP contribution is -2.07. The lowest BCUT2D eigenvalue weighted by atomic mass is 10.2. The number of hydrogen-bond donors (Lipinski definition) is 1. The van der Waals surface area contributed by atoms with E-state index in [1.54, 1.807) is 19.2 Å². The summed E-state index contributed by atoms with van der Waals surface area (Å²) in [5, 5.41) is 3.07. The fourth-order valence-electron chi connectivity index (χ4n) is 1.87. The smallest absolute Gasteiger partial charge is 0.214 e. The van der Waals surface area contributed by atoms with Gasteiger partial charge in [0.25, 0.3) is 0 Å². The highest BCUT2D eigenvalue weighted by Crippen LogP contribution is 2.29. The molecule has 1 aromatic carbocycles. The highest BCUT2D eigenvalue weighted by molar-refractivity contribution is 5.44. The topological polar surface area (TPSA) is 43.4 Å². The Balaban J connectivity index is 2.07. The van der Waals surface area contributed by atoms with E-state index in [1.165, 1.54) is 6.07 Å². The normalized spacial score (nSPS) is 10.5. The molecule has 1 heterocycles. The molecule has 0 spiro atoms. The zero-order chi connectivity index (χ0) is 15.2. The molecule has 0 bridgehead atoms. The molecule has 5 heteroatoms. The highest BCUT2D eigenvalue weighted by atomic mass is 19.1. The van der Waals surface area contributed by atoms with Crippen molar-refractivity contribution in [1.29, 1.82) is 0 Å². The van der Waals surface area contributed by atoms with Crippen LogP contribution in [0.25, 0.3) is 0 Å². The first-order chi connectivity index (χ1) is 10.1. The predicted molar refractivity (Wildman–Crippen MR) is 80.3 cm³/mol. The van der Waals surface area contributed by atoms with Crippen molar-refractivity contribution in [2.75, 3.05) is 12.4 Å². The van der Waals surface area contributed by atoms with Gasteiger partial charge in [0.2, 0.25) is 5.95 Å². The van der Waals surface area contributed by atoms with Crippen molar-refractivity contribution in [3.05, 3.63) is 47.9 Å². The van der Waals surface area contributed by atoms with Gasteiger partial charge in [0.1, 0.15) is 5.82 Å². The minimum Gasteiger partial charge on any atom is -0.493 e. The van der Waals surface area contributed by atoms with Gasteiger partial charge in [-0.2, -0.15) is 4.39 Å². The molecular formula is C16H19FN2O2. The second kappa shape index (κ2) is 6.92. The minimum absolute atomic E-state index is 0.0827. The largest absolute Gasteiger partial charge is 0.493 e. The summed E-state index contributed by atoms with van der Waals surface area (Å²) in [6.45, 7) is 4.45. The summed E-state index contributed by atoms with van der Waals surface area (Å²) in [4.78, 5) is 3.75. The molecule has 0 unspecified atom stereocenters. The van der Waals surface area contributed by atoms with Crippen LogP contribution in [0.4, 0.5) is 10.2 Å². The van der Waals surface area contributed by atoms with E-state index in [1.807, 2.05) is 32.0 Å². The summed E-state index contributed by atoms with van der Waals surface area (Å²) in [6.07, 6.45) is 0.0827. The van der Waals surface area contributed by atoms with E-state index in [-0.39, 0.29) is 6.10 Å². The van der Waals surface area contributed by atoms with Gasteiger partial charge in [-0.05, 0) is 43.7 Å². The first kappa shape index (κ1) is 15.1. The van der Waals surface area contributed by atoms with Crippen LogP contribution in [-0.4, -0.2) is 18.2 Å². The van der Waals surface area contributed by atoms with Gasteiger partial charge >= 0.3 is 0 Å². The molecule has 0 aliphatic rings. The van der Waals surface area contributed by atoms with Crippen LogP contribution in [0, 0.1) is 5.95 Å². The van der Waals surface area contributed by atoms with Crippen LogP contribution in [0.2, 0.25) is 0 Å². The molecule has 1 aromatic heterocycles. The van der Waals surface area contributed by atoms with Crippen molar-refractivity contribution in [2.45, 2.75) is 26.5 Å². The molecule has 2 aromatic rings. The maximum absolute atomic E-state index is 13.0. The molecule has 0 aliphatic heterocycles. The second-order valence-corrected chi connectivity index (χ2v) is 4.85. The fourth-order valence-corrected chi connectivity index (χ4v) is 1.87. The zero-order valence-electron chi connectivity index (χ0n) is 12.4. The third kappa shape index (κ3) is 4.34. The molecule has 0 saturated heterocycles. The van der Waals surface area contributed by atoms with E-state index in [2.05, 4.69) is 10.3 Å². The number of ether oxygens (including phenoxy) is 2. The standard InChI is InChI=1S/C16H19FN2O2/c1-11(2)21-13-8-7-12(9-14(13)20-3)10-18-16-6-4-5-15(17)19-16/h4-9,11H,10H2,1-3H3,(H,18,19). The number of nitrogens with zero attached hydrogens (tertiary/aromatic N) is 1. The van der Waals surface area contributed by atoms with Crippen LogP contribution < -0.4 is 14.8 Å². The molecule has 0 radical (unpaired) electrons. The summed E-state index contributed by atoms with van der Waals surface area (Å²) >= 11 is 0. The minimum atomic E-state index is -0.502. The van der Waals surface area contributed by atoms with Crippen molar-refractivity contribution in [2.24, 2.45) is 0 Å². The summed E-state index contributed by atoms with van der Waals surface area (Å²) in [7, 11) is 1.61. The summed E-state index contributed by atoms with van der Waals surface area (Å²) < 4.78 is 24.0. The summed E-state index contributed by atoms with van der Waals surface area (Å²) in [5.41, 5.74) is 0.994. The molecule has 112 valence electrons. The maximum atomic E-state index is 13.0. The zero-order valence-corrected chi connectivity index (χ0v) is 12.4. The van der Waals surface area contributed by atoms with Gasteiger partial charge in [0, 0.05) is 6.54 Å². The Morgan fingerprint density at radius 3 is 2.67 bits per heavy atom. The Labute approximate surface area is 123 Å². The maximum Gasteiger partial charge on any atom is 0.214 e. The van der Waals surface area contributed by atoms with E-state index in [4.69, 9.17) is 9.47 Å². The fraction of sp³-hybridized carbons (Fsp3) is 0.312. The molecule has 4 nitrogen and oxygen atoms in total. The molecule has 0 saturated carbocycles. The van der Waals surface area contributed by atoms with E-state index in [0.29, 0.717) is 23.9 Å². The second-order valence-electron chi connectivity index (χ2n) is 4.85. The van der Waals surface area contributed by atoms with Gasteiger partial charge in [-0.25, -0.2) is 4.98 Å². The van der Waals surface area contributed by atoms with Crippen LogP contribution in [0.1, 0.15) is 19.4 Å². The van der Waals surface area contributed by atoms with Gasteiger partial charge in [0.05, 0.1) is 13.2 Å². The van der Waals surface area contributed by atoms with Crippen LogP contribution in [0.3, 0.4) is 0 Å². The van der Waals surface area contributed by atoms with Crippen molar-refractivity contribution in [3.8, 4) is 11.5 Å². The third-order valence-corrected chi connectivity index (χ3v) is 2.78. The molecule has 0 atom stereocenters. The summed E-state index contributed by atoms with van der Waals surface area (Å²) in [6, 6.07) is 10.3. The van der Waals surface area contributed by atoms with Crippen molar-refractivity contribution >= 4 is 5.82 Å². The average Bonchev–Trinajstić information content (AvgIpc) is 2.45. The number of methoxy groups -OCH3 is 1. The number of rotatable bonds is 6. The van der Waals surface area contributed by atoms with Crippen molar-refractivity contribution in [1.82, 2.24) is 4.98 Å². The predicted octanol–water partition coefficient (Wildman–Crippen LogP) is 3.63. The van der Waals surface area contributed by atoms with Crippen LogP contribution >= 0.6 is 0 Å². The van der Waals surface area contributed by atoms with Crippen molar-refractivity contribution in [3.63, 3.8) is 0 Å². The number of benzene rings is 1. The Kier molecular flexibility index (Phi) is 4.98. The molecule has 0 fully saturated rings. The quantitative estimate of drug-likeness (QED) is 0.825. The van der Waals surface area contributed by atoms with Crippen LogP contribution in [0.5, 0.6) is 11.5 Å². The number of anilines is 1. The van der Waals surface area contributed by atoms with E-state index < -0.39 is 5.95 Å². The molecular weight excluding hydrogens is 271 g/mol. The number of pyridine rings is 1. The number of hydrogen-bond acceptors (Lipinski definition) is 4. The lowest BCUT2D eigenvalue weighted by Gasteiger charge is -2.14. The number of nitrogens with one attached hydrogen (secondary N) is 1. The molecule has 2 rings (SSSR count). The monoisotopic (exact) mass is 290 g/mol. The molecule has 1 N–H and O–H groups in total. The molecule has 21 heavy (non-hydrogen) atoms. The molecule has 0 amide bonds. The Bertz CT molecular complexity index is 603.